The van der Waals surface area contributed by atoms with E-state index in [1.54, 1.807) is 38.1 Å². The normalized spacial score (nSPS) is 12.6. The number of carbonyl (C=O) groups excluding carboxylic acids is 1. The minimum absolute atomic E-state index is 0.109. The van der Waals surface area contributed by atoms with Crippen LogP contribution in [0.1, 0.15) is 25.5 Å². The monoisotopic (exact) mass is 455 g/mol. The van der Waals surface area contributed by atoms with Gasteiger partial charge in [-0.2, -0.15) is 0 Å². The summed E-state index contributed by atoms with van der Waals surface area (Å²) in [5, 5.41) is 25.5. The number of fused-ring (bicyclic) bond motifs is 2. The summed E-state index contributed by atoms with van der Waals surface area (Å²) in [5.41, 5.74) is 0.381. The van der Waals surface area contributed by atoms with Gasteiger partial charge in [0, 0.05) is 27.8 Å². The molecule has 0 unspecified atom stereocenters. The number of carboxylic acids is 1. The van der Waals surface area contributed by atoms with Gasteiger partial charge in [-0.05, 0) is 22.9 Å². The van der Waals surface area contributed by atoms with Crippen molar-refractivity contribution in [1.82, 2.24) is 0 Å². The van der Waals surface area contributed by atoms with E-state index in [9.17, 15) is 19.8 Å². The van der Waals surface area contributed by atoms with Gasteiger partial charge in [0.2, 0.25) is 0 Å². The van der Waals surface area contributed by atoms with Crippen LogP contribution in [-0.2, 0) is 9.53 Å². The molecule has 0 aliphatic rings. The second kappa shape index (κ2) is 9.27. The zero-order chi connectivity index (χ0) is 24.3. The summed E-state index contributed by atoms with van der Waals surface area (Å²) in [5.74, 6) is -0.986. The number of phenols is 1. The van der Waals surface area contributed by atoms with E-state index in [1.165, 1.54) is 6.08 Å². The summed E-state index contributed by atoms with van der Waals surface area (Å²) in [7, 11) is 0. The third-order valence-electron chi connectivity index (χ3n) is 5.80. The Morgan fingerprint density at radius 2 is 1.53 bits per heavy atom. The SMILES string of the molecule is CC(C)(/C=C/C(=O)O)[C@H](OC(=O)Nc1cccc2ccccc12)c1ccc(O)c2ccccc12. The lowest BCUT2D eigenvalue weighted by molar-refractivity contribution is -0.131. The van der Waals surface area contributed by atoms with Gasteiger partial charge >= 0.3 is 12.1 Å². The topological polar surface area (TPSA) is 95.9 Å². The molecule has 0 saturated heterocycles. The smallest absolute Gasteiger partial charge is 0.412 e. The van der Waals surface area contributed by atoms with Gasteiger partial charge in [0.1, 0.15) is 11.9 Å². The van der Waals surface area contributed by atoms with Crippen molar-refractivity contribution < 1.29 is 24.5 Å². The third-order valence-corrected chi connectivity index (χ3v) is 5.80. The molecular weight excluding hydrogens is 430 g/mol. The largest absolute Gasteiger partial charge is 0.507 e. The fourth-order valence-corrected chi connectivity index (χ4v) is 4.11. The number of benzene rings is 4. The second-order valence-corrected chi connectivity index (χ2v) is 8.65. The number of amides is 1. The first kappa shape index (κ1) is 22.9. The van der Waals surface area contributed by atoms with Gasteiger partial charge in [-0.1, -0.05) is 86.7 Å². The van der Waals surface area contributed by atoms with Gasteiger partial charge in [0.05, 0.1) is 5.69 Å². The molecular formula is C28H25NO5. The number of hydrogen-bond acceptors (Lipinski definition) is 4. The number of aliphatic carboxylic acids is 1. The zero-order valence-corrected chi connectivity index (χ0v) is 18.9. The number of carbonyl (C=O) groups is 2. The van der Waals surface area contributed by atoms with Crippen molar-refractivity contribution in [3.05, 3.63) is 96.6 Å². The molecule has 1 atom stereocenters. The van der Waals surface area contributed by atoms with Crippen molar-refractivity contribution in [2.45, 2.75) is 20.0 Å². The Morgan fingerprint density at radius 1 is 0.882 bits per heavy atom. The van der Waals surface area contributed by atoms with Crippen LogP contribution in [0.3, 0.4) is 0 Å². The third kappa shape index (κ3) is 4.71. The van der Waals surface area contributed by atoms with Crippen molar-refractivity contribution in [1.29, 1.82) is 0 Å². The van der Waals surface area contributed by atoms with Crippen LogP contribution >= 0.6 is 0 Å². The molecule has 3 N–H and O–H groups in total. The maximum absolute atomic E-state index is 13.1. The quantitative estimate of drug-likeness (QED) is 0.283. The molecule has 0 spiro atoms. The lowest BCUT2D eigenvalue weighted by Crippen LogP contribution is -2.28. The number of nitrogens with one attached hydrogen (secondary N) is 1. The van der Waals surface area contributed by atoms with E-state index in [2.05, 4.69) is 5.32 Å². The summed E-state index contributed by atoms with van der Waals surface area (Å²) in [6, 6.07) is 23.8. The van der Waals surface area contributed by atoms with E-state index < -0.39 is 23.6 Å². The summed E-state index contributed by atoms with van der Waals surface area (Å²) in [6.07, 6.45) is 1.04. The van der Waals surface area contributed by atoms with Crippen molar-refractivity contribution in [3.8, 4) is 5.75 Å². The van der Waals surface area contributed by atoms with Crippen LogP contribution in [-0.4, -0.2) is 22.3 Å². The van der Waals surface area contributed by atoms with Crippen LogP contribution in [0.4, 0.5) is 10.5 Å². The number of phenolic OH excluding ortho intramolecular Hbond substituents is 1. The average molecular weight is 456 g/mol. The van der Waals surface area contributed by atoms with E-state index in [0.29, 0.717) is 22.0 Å². The molecule has 34 heavy (non-hydrogen) atoms. The fraction of sp³-hybridized carbons (Fsp3) is 0.143. The minimum atomic E-state index is -1.09. The lowest BCUT2D eigenvalue weighted by atomic mass is 9.80. The van der Waals surface area contributed by atoms with Gasteiger partial charge in [0.25, 0.3) is 0 Å². The molecule has 0 aliphatic heterocycles. The molecule has 0 bridgehead atoms. The summed E-state index contributed by atoms with van der Waals surface area (Å²) in [4.78, 5) is 24.3. The first-order chi connectivity index (χ1) is 16.3. The highest BCUT2D eigenvalue weighted by molar-refractivity contribution is 6.00. The van der Waals surface area contributed by atoms with E-state index in [4.69, 9.17) is 4.74 Å². The summed E-state index contributed by atoms with van der Waals surface area (Å²) < 4.78 is 5.96. The van der Waals surface area contributed by atoms with Crippen molar-refractivity contribution in [3.63, 3.8) is 0 Å². The Balaban J connectivity index is 1.74. The van der Waals surface area contributed by atoms with E-state index in [0.717, 1.165) is 16.8 Å². The van der Waals surface area contributed by atoms with Crippen molar-refractivity contribution in [2.75, 3.05) is 5.32 Å². The van der Waals surface area contributed by atoms with Crippen LogP contribution in [0.5, 0.6) is 5.75 Å². The highest BCUT2D eigenvalue weighted by Gasteiger charge is 2.34. The number of anilines is 1. The second-order valence-electron chi connectivity index (χ2n) is 8.65. The maximum atomic E-state index is 13.1. The predicted octanol–water partition coefficient (Wildman–Crippen LogP) is 6.66. The molecule has 4 aromatic carbocycles. The van der Waals surface area contributed by atoms with Gasteiger partial charge in [-0.3, -0.25) is 5.32 Å². The molecule has 0 radical (unpaired) electrons. The summed E-state index contributed by atoms with van der Waals surface area (Å²) >= 11 is 0. The van der Waals surface area contributed by atoms with Crippen LogP contribution in [0.25, 0.3) is 21.5 Å². The Labute approximate surface area is 197 Å². The number of ether oxygens (including phenoxy) is 1. The number of carboxylic acid groups (broad SMARTS) is 1. The minimum Gasteiger partial charge on any atom is -0.507 e. The van der Waals surface area contributed by atoms with Gasteiger partial charge in [0.15, 0.2) is 0 Å². The molecule has 0 aliphatic carbocycles. The molecule has 172 valence electrons. The van der Waals surface area contributed by atoms with Crippen LogP contribution in [0.15, 0.2) is 91.0 Å². The predicted molar refractivity (Wildman–Crippen MR) is 133 cm³/mol. The van der Waals surface area contributed by atoms with E-state index in [-0.39, 0.29) is 5.75 Å². The van der Waals surface area contributed by atoms with Gasteiger partial charge < -0.3 is 14.9 Å². The number of rotatable bonds is 6. The molecule has 6 heteroatoms. The Morgan fingerprint density at radius 3 is 2.26 bits per heavy atom. The molecule has 1 amide bonds. The number of aromatic hydroxyl groups is 1. The van der Waals surface area contributed by atoms with Crippen LogP contribution in [0, 0.1) is 5.41 Å². The molecule has 4 aromatic rings. The van der Waals surface area contributed by atoms with Gasteiger partial charge in [-0.25, -0.2) is 9.59 Å². The highest BCUT2D eigenvalue weighted by Crippen LogP contribution is 2.42. The average Bonchev–Trinajstić information content (AvgIpc) is 2.82. The standard InChI is InChI=1S/C28H25NO5/c1-28(2,17-16-25(31)32)26(22-14-15-24(30)21-12-6-5-11-20(21)22)34-27(33)29-23-13-7-9-18-8-3-4-10-19(18)23/h3-17,26,30H,1-2H3,(H,29,33)(H,31,32)/b17-16+/t26-/m1/s1. The van der Waals surface area contributed by atoms with E-state index >= 15 is 0 Å². The molecule has 0 saturated carbocycles. The molecule has 0 fully saturated rings. The van der Waals surface area contributed by atoms with Crippen molar-refractivity contribution in [2.24, 2.45) is 5.41 Å². The summed E-state index contributed by atoms with van der Waals surface area (Å²) in [6.45, 7) is 3.59. The van der Waals surface area contributed by atoms with E-state index in [1.807, 2.05) is 54.6 Å². The number of hydrogen-bond donors (Lipinski definition) is 3. The fourth-order valence-electron chi connectivity index (χ4n) is 4.11. The Bertz CT molecular complexity index is 1400. The van der Waals surface area contributed by atoms with Crippen LogP contribution in [0.2, 0.25) is 0 Å². The Hall–Kier alpha value is -4.32. The molecule has 0 heterocycles. The zero-order valence-electron chi connectivity index (χ0n) is 18.9. The highest BCUT2D eigenvalue weighted by atomic mass is 16.6. The molecule has 4 rings (SSSR count). The Kier molecular flexibility index (Phi) is 6.23. The lowest BCUT2D eigenvalue weighted by Gasteiger charge is -2.32. The van der Waals surface area contributed by atoms with Crippen molar-refractivity contribution >= 4 is 39.3 Å². The van der Waals surface area contributed by atoms with Crippen LogP contribution < -0.4 is 5.32 Å². The molecule has 0 aromatic heterocycles. The van der Waals surface area contributed by atoms with Gasteiger partial charge in [-0.15, -0.1) is 0 Å². The first-order valence-electron chi connectivity index (χ1n) is 10.8. The maximum Gasteiger partial charge on any atom is 0.412 e. The molecule has 6 nitrogen and oxygen atoms in total. The first-order valence-corrected chi connectivity index (χ1v) is 10.8.